The van der Waals surface area contributed by atoms with Crippen molar-refractivity contribution in [3.63, 3.8) is 0 Å². The third-order valence-corrected chi connectivity index (χ3v) is 3.55. The zero-order valence-corrected chi connectivity index (χ0v) is 9.41. The number of hydrogen-bond acceptors (Lipinski definition) is 4. The highest BCUT2D eigenvalue weighted by molar-refractivity contribution is 5.05. The van der Waals surface area contributed by atoms with Crippen LogP contribution in [0.15, 0.2) is 0 Å². The number of hydrogen-bond donors (Lipinski definition) is 2. The molecule has 0 bridgehead atoms. The van der Waals surface area contributed by atoms with Gasteiger partial charge in [0.2, 0.25) is 0 Å². The van der Waals surface area contributed by atoms with Crippen LogP contribution in [0.5, 0.6) is 0 Å². The molecule has 5 heteroatoms. The summed E-state index contributed by atoms with van der Waals surface area (Å²) < 4.78 is 5.36. The maximum Gasteiger partial charge on any atom is 0.155 e. The normalized spacial score (nSPS) is 27.4. The lowest BCUT2D eigenvalue weighted by Crippen LogP contribution is -2.15. The molecule has 2 aliphatic heterocycles. The molecule has 16 heavy (non-hydrogen) atoms. The molecule has 0 radical (unpaired) electrons. The molecule has 1 atom stereocenters. The summed E-state index contributed by atoms with van der Waals surface area (Å²) in [6.45, 7) is 3.81. The molecule has 0 aromatic carbocycles. The molecule has 88 valence electrons. The van der Waals surface area contributed by atoms with E-state index in [4.69, 9.17) is 4.74 Å². The van der Waals surface area contributed by atoms with Crippen molar-refractivity contribution in [3.05, 3.63) is 11.6 Å². The Kier molecular flexibility index (Phi) is 2.88. The summed E-state index contributed by atoms with van der Waals surface area (Å²) in [5.74, 6) is 3.07. The third-order valence-electron chi connectivity index (χ3n) is 3.55. The smallest absolute Gasteiger partial charge is 0.155 e. The number of H-pyrrole nitrogens is 1. The Labute approximate surface area is 95.0 Å². The van der Waals surface area contributed by atoms with Crippen LogP contribution in [-0.2, 0) is 4.74 Å². The maximum atomic E-state index is 5.36. The Balaban J connectivity index is 1.71. The van der Waals surface area contributed by atoms with E-state index in [1.54, 1.807) is 0 Å². The van der Waals surface area contributed by atoms with Gasteiger partial charge in [0.1, 0.15) is 5.82 Å². The molecule has 2 fully saturated rings. The molecule has 2 saturated heterocycles. The minimum atomic E-state index is 0.504. The van der Waals surface area contributed by atoms with E-state index >= 15 is 0 Å². The van der Waals surface area contributed by atoms with Crippen LogP contribution in [0.3, 0.4) is 0 Å². The van der Waals surface area contributed by atoms with Crippen LogP contribution in [-0.4, -0.2) is 41.5 Å². The Morgan fingerprint density at radius 3 is 2.75 bits per heavy atom. The van der Waals surface area contributed by atoms with Crippen molar-refractivity contribution in [2.75, 3.05) is 26.3 Å². The van der Waals surface area contributed by atoms with Crippen molar-refractivity contribution in [1.82, 2.24) is 20.5 Å². The number of nitrogens with one attached hydrogen (secondary N) is 2. The molecule has 3 heterocycles. The molecule has 0 aliphatic carbocycles. The van der Waals surface area contributed by atoms with Gasteiger partial charge in [0, 0.05) is 31.6 Å². The van der Waals surface area contributed by atoms with E-state index in [2.05, 4.69) is 20.5 Å². The average molecular weight is 222 g/mol. The fourth-order valence-corrected chi connectivity index (χ4v) is 2.50. The number of rotatable bonds is 2. The van der Waals surface area contributed by atoms with Gasteiger partial charge in [-0.1, -0.05) is 0 Å². The fraction of sp³-hybridized carbons (Fsp3) is 0.818. The van der Waals surface area contributed by atoms with Crippen molar-refractivity contribution < 1.29 is 4.74 Å². The summed E-state index contributed by atoms with van der Waals surface area (Å²) >= 11 is 0. The van der Waals surface area contributed by atoms with Crippen LogP contribution in [0.1, 0.15) is 42.7 Å². The topological polar surface area (TPSA) is 62.8 Å². The second-order valence-electron chi connectivity index (χ2n) is 4.66. The summed E-state index contributed by atoms with van der Waals surface area (Å²) in [7, 11) is 0. The molecule has 0 spiro atoms. The van der Waals surface area contributed by atoms with Gasteiger partial charge in [-0.25, -0.2) is 4.98 Å². The molecule has 1 aromatic heterocycles. The molecule has 3 rings (SSSR count). The van der Waals surface area contributed by atoms with Gasteiger partial charge >= 0.3 is 0 Å². The molecule has 0 saturated carbocycles. The first kappa shape index (κ1) is 10.2. The molecular formula is C11H18N4O. The minimum Gasteiger partial charge on any atom is -0.381 e. The van der Waals surface area contributed by atoms with Crippen LogP contribution in [0, 0.1) is 0 Å². The highest BCUT2D eigenvalue weighted by Gasteiger charge is 2.24. The largest absolute Gasteiger partial charge is 0.381 e. The Morgan fingerprint density at radius 2 is 2.00 bits per heavy atom. The van der Waals surface area contributed by atoms with Crippen molar-refractivity contribution in [1.29, 1.82) is 0 Å². The first-order chi connectivity index (χ1) is 7.93. The lowest BCUT2D eigenvalue weighted by Gasteiger charge is -2.19. The lowest BCUT2D eigenvalue weighted by atomic mass is 10.00. The summed E-state index contributed by atoms with van der Waals surface area (Å²) in [4.78, 5) is 4.65. The minimum absolute atomic E-state index is 0.504. The van der Waals surface area contributed by atoms with E-state index < -0.39 is 0 Å². The molecular weight excluding hydrogens is 204 g/mol. The van der Waals surface area contributed by atoms with Crippen LogP contribution in [0.4, 0.5) is 0 Å². The van der Waals surface area contributed by atoms with Crippen molar-refractivity contribution in [2.24, 2.45) is 0 Å². The first-order valence-electron chi connectivity index (χ1n) is 6.14. The molecule has 2 N–H and O–H groups in total. The monoisotopic (exact) mass is 222 g/mol. The molecule has 1 unspecified atom stereocenters. The van der Waals surface area contributed by atoms with Crippen LogP contribution >= 0.6 is 0 Å². The fourth-order valence-electron chi connectivity index (χ4n) is 2.50. The first-order valence-corrected chi connectivity index (χ1v) is 6.14. The van der Waals surface area contributed by atoms with Gasteiger partial charge in [0.15, 0.2) is 5.82 Å². The number of aromatic amines is 1. The van der Waals surface area contributed by atoms with Gasteiger partial charge in [-0.05, 0) is 25.8 Å². The van der Waals surface area contributed by atoms with Crippen LogP contribution in [0.25, 0.3) is 0 Å². The van der Waals surface area contributed by atoms with E-state index in [-0.39, 0.29) is 0 Å². The van der Waals surface area contributed by atoms with E-state index in [1.165, 1.54) is 0 Å². The molecule has 1 aromatic rings. The van der Waals surface area contributed by atoms with Crippen molar-refractivity contribution in [2.45, 2.75) is 31.1 Å². The Bertz CT molecular complexity index is 340. The number of nitrogens with zero attached hydrogens (tertiary/aromatic N) is 2. The second kappa shape index (κ2) is 4.51. The van der Waals surface area contributed by atoms with Crippen LogP contribution < -0.4 is 5.32 Å². The zero-order valence-electron chi connectivity index (χ0n) is 9.41. The van der Waals surface area contributed by atoms with Gasteiger partial charge in [0.25, 0.3) is 0 Å². The highest BCUT2D eigenvalue weighted by atomic mass is 16.5. The van der Waals surface area contributed by atoms with E-state index in [0.717, 1.165) is 57.2 Å². The van der Waals surface area contributed by atoms with E-state index in [9.17, 15) is 0 Å². The second-order valence-corrected chi connectivity index (χ2v) is 4.66. The summed E-state index contributed by atoms with van der Waals surface area (Å²) in [5, 5.41) is 10.8. The molecule has 5 nitrogen and oxygen atoms in total. The standard InChI is InChI=1S/C11H18N4O/c1-4-12-7-9(1)11-13-10(14-15-11)8-2-5-16-6-3-8/h8-9,12H,1-7H2,(H,13,14,15). The van der Waals surface area contributed by atoms with E-state index in [0.29, 0.717) is 11.8 Å². The SMILES string of the molecule is C1CC(c2n[nH]c(C3CCOCC3)n2)CN1. The molecule has 2 aliphatic rings. The summed E-state index contributed by atoms with van der Waals surface area (Å²) in [6, 6.07) is 0. The zero-order chi connectivity index (χ0) is 10.8. The Hall–Kier alpha value is -0.940. The summed E-state index contributed by atoms with van der Waals surface area (Å²) in [6.07, 6.45) is 3.29. The van der Waals surface area contributed by atoms with Gasteiger partial charge < -0.3 is 10.1 Å². The molecule has 0 amide bonds. The van der Waals surface area contributed by atoms with Gasteiger partial charge in [0.05, 0.1) is 0 Å². The lowest BCUT2D eigenvalue weighted by molar-refractivity contribution is 0.0836. The maximum absolute atomic E-state index is 5.36. The highest BCUT2D eigenvalue weighted by Crippen LogP contribution is 2.26. The number of ether oxygens (including phenoxy) is 1. The Morgan fingerprint density at radius 1 is 1.12 bits per heavy atom. The quantitative estimate of drug-likeness (QED) is 0.776. The van der Waals surface area contributed by atoms with Gasteiger partial charge in [-0.15, -0.1) is 0 Å². The average Bonchev–Trinajstić information content (AvgIpc) is 3.01. The third kappa shape index (κ3) is 1.97. The predicted octanol–water partition coefficient (Wildman–Crippen LogP) is 0.776. The van der Waals surface area contributed by atoms with Gasteiger partial charge in [-0.2, -0.15) is 5.10 Å². The van der Waals surface area contributed by atoms with E-state index in [1.807, 2.05) is 0 Å². The van der Waals surface area contributed by atoms with Crippen molar-refractivity contribution >= 4 is 0 Å². The number of aromatic nitrogens is 3. The van der Waals surface area contributed by atoms with Gasteiger partial charge in [-0.3, -0.25) is 5.10 Å². The van der Waals surface area contributed by atoms with Crippen molar-refractivity contribution in [3.8, 4) is 0 Å². The summed E-state index contributed by atoms with van der Waals surface area (Å²) in [5.41, 5.74) is 0. The van der Waals surface area contributed by atoms with Crippen LogP contribution in [0.2, 0.25) is 0 Å². The predicted molar refractivity (Wildman–Crippen MR) is 59.4 cm³/mol.